The third-order valence-electron chi connectivity index (χ3n) is 3.85. The quantitative estimate of drug-likeness (QED) is 0.672. The molecule has 0 aliphatic carbocycles. The monoisotopic (exact) mass is 304 g/mol. The van der Waals surface area contributed by atoms with E-state index >= 15 is 0 Å². The smallest absolute Gasteiger partial charge is 0.114 e. The van der Waals surface area contributed by atoms with E-state index in [0.717, 1.165) is 0 Å². The molecular formula is C16H24N4S. The summed E-state index contributed by atoms with van der Waals surface area (Å²) < 4.78 is 0. The van der Waals surface area contributed by atoms with Gasteiger partial charge in [-0.25, -0.2) is 0 Å². The topological polar surface area (TPSA) is 54.0 Å². The van der Waals surface area contributed by atoms with Gasteiger partial charge in [0, 0.05) is 11.9 Å². The van der Waals surface area contributed by atoms with Gasteiger partial charge in [0.2, 0.25) is 0 Å². The molecule has 0 amide bonds. The van der Waals surface area contributed by atoms with Gasteiger partial charge in [0.05, 0.1) is 18.7 Å². The highest BCUT2D eigenvalue weighted by Crippen LogP contribution is 2.41. The summed E-state index contributed by atoms with van der Waals surface area (Å²) in [6.45, 7) is 6.86. The van der Waals surface area contributed by atoms with Crippen molar-refractivity contribution in [1.82, 2.24) is 4.90 Å². The number of benzene rings is 1. The molecule has 1 heterocycles. The number of aliphatic imine (C=N–C) groups is 2. The number of nitrogens with zero attached hydrogens (tertiary/aromatic N) is 3. The van der Waals surface area contributed by atoms with Crippen molar-refractivity contribution < 1.29 is 0 Å². The summed E-state index contributed by atoms with van der Waals surface area (Å²) in [7, 11) is 2.08. The number of hydrogen-bond donors (Lipinski definition) is 1. The minimum Gasteiger partial charge on any atom is -0.388 e. The van der Waals surface area contributed by atoms with E-state index in [9.17, 15) is 0 Å². The van der Waals surface area contributed by atoms with E-state index in [1.807, 2.05) is 31.1 Å². The first-order chi connectivity index (χ1) is 9.95. The molecule has 2 atom stereocenters. The van der Waals surface area contributed by atoms with E-state index in [4.69, 9.17) is 10.7 Å². The standard InChI is InChI=1S/C16H24N4S/c1-12(2)16(10-18-13(3)17)15(20(4)11-19-16)21-14-8-6-5-7-9-14/h5-9,11-12,15H,10H2,1-4H3,(H2,17,18). The highest BCUT2D eigenvalue weighted by atomic mass is 32.2. The van der Waals surface area contributed by atoms with Crippen LogP contribution in [0.25, 0.3) is 0 Å². The minimum absolute atomic E-state index is 0.225. The maximum Gasteiger partial charge on any atom is 0.114 e. The maximum absolute atomic E-state index is 5.74. The van der Waals surface area contributed by atoms with Gasteiger partial charge >= 0.3 is 0 Å². The third kappa shape index (κ3) is 3.40. The highest BCUT2D eigenvalue weighted by Gasteiger charge is 2.47. The lowest BCUT2D eigenvalue weighted by Crippen LogP contribution is -2.48. The fourth-order valence-corrected chi connectivity index (χ4v) is 3.88. The molecule has 1 aromatic carbocycles. The number of hydrogen-bond acceptors (Lipinski definition) is 4. The van der Waals surface area contributed by atoms with Crippen LogP contribution in [0.1, 0.15) is 20.8 Å². The van der Waals surface area contributed by atoms with E-state index in [0.29, 0.717) is 18.3 Å². The molecule has 0 bridgehead atoms. The largest absolute Gasteiger partial charge is 0.388 e. The molecule has 2 unspecified atom stereocenters. The summed E-state index contributed by atoms with van der Waals surface area (Å²) in [5.74, 6) is 0.992. The molecule has 0 saturated carbocycles. The van der Waals surface area contributed by atoms with Crippen LogP contribution in [0.15, 0.2) is 45.2 Å². The number of amidine groups is 1. The first kappa shape index (κ1) is 15.9. The van der Waals surface area contributed by atoms with Crippen LogP contribution < -0.4 is 5.73 Å². The Kier molecular flexibility index (Phi) is 4.93. The second kappa shape index (κ2) is 6.52. The molecule has 0 radical (unpaired) electrons. The highest BCUT2D eigenvalue weighted by molar-refractivity contribution is 8.00. The Morgan fingerprint density at radius 1 is 1.43 bits per heavy atom. The number of nitrogens with two attached hydrogens (primary N) is 1. The van der Waals surface area contributed by atoms with Crippen molar-refractivity contribution in [3.05, 3.63) is 30.3 Å². The predicted molar refractivity (Wildman–Crippen MR) is 92.1 cm³/mol. The van der Waals surface area contributed by atoms with Crippen LogP contribution in [0.4, 0.5) is 0 Å². The number of likely N-dealkylation sites (N-methyl/N-ethyl adjacent to an activating group) is 1. The van der Waals surface area contributed by atoms with Gasteiger partial charge in [0.15, 0.2) is 0 Å². The van der Waals surface area contributed by atoms with Gasteiger partial charge in [-0.05, 0) is 25.0 Å². The van der Waals surface area contributed by atoms with Crippen LogP contribution in [0.3, 0.4) is 0 Å². The van der Waals surface area contributed by atoms with Crippen LogP contribution in [-0.2, 0) is 0 Å². The van der Waals surface area contributed by atoms with Crippen LogP contribution in [0.5, 0.6) is 0 Å². The van der Waals surface area contributed by atoms with E-state index in [1.165, 1.54) is 4.90 Å². The van der Waals surface area contributed by atoms with Gasteiger partial charge in [-0.3, -0.25) is 9.98 Å². The van der Waals surface area contributed by atoms with Gasteiger partial charge in [0.25, 0.3) is 0 Å². The fraction of sp³-hybridized carbons (Fsp3) is 0.500. The van der Waals surface area contributed by atoms with Gasteiger partial charge in [0.1, 0.15) is 10.9 Å². The fourth-order valence-electron chi connectivity index (χ4n) is 2.48. The molecule has 4 nitrogen and oxygen atoms in total. The molecule has 2 N–H and O–H groups in total. The summed E-state index contributed by atoms with van der Waals surface area (Å²) in [5.41, 5.74) is 5.50. The summed E-state index contributed by atoms with van der Waals surface area (Å²) in [6.07, 6.45) is 1.93. The van der Waals surface area contributed by atoms with Crippen molar-refractivity contribution in [1.29, 1.82) is 0 Å². The number of thioether (sulfide) groups is 1. The van der Waals surface area contributed by atoms with Crippen LogP contribution in [-0.4, -0.2) is 41.6 Å². The van der Waals surface area contributed by atoms with E-state index in [2.05, 4.69) is 55.1 Å². The molecule has 0 spiro atoms. The Morgan fingerprint density at radius 2 is 2.10 bits per heavy atom. The molecule has 114 valence electrons. The SMILES string of the molecule is CC(N)=NCC1(C(C)C)N=CN(C)C1Sc1ccccc1. The zero-order valence-corrected chi connectivity index (χ0v) is 14.0. The second-order valence-corrected chi connectivity index (χ2v) is 6.95. The Bertz CT molecular complexity index is 522. The lowest BCUT2D eigenvalue weighted by atomic mass is 9.87. The lowest BCUT2D eigenvalue weighted by molar-refractivity contribution is 0.271. The summed E-state index contributed by atoms with van der Waals surface area (Å²) in [4.78, 5) is 12.7. The summed E-state index contributed by atoms with van der Waals surface area (Å²) in [6, 6.07) is 10.4. The zero-order chi connectivity index (χ0) is 15.5. The van der Waals surface area contributed by atoms with Gasteiger partial charge < -0.3 is 10.6 Å². The second-order valence-electron chi connectivity index (χ2n) is 5.80. The molecule has 21 heavy (non-hydrogen) atoms. The van der Waals surface area contributed by atoms with Crippen LogP contribution in [0, 0.1) is 5.92 Å². The average molecular weight is 304 g/mol. The van der Waals surface area contributed by atoms with E-state index in [-0.39, 0.29) is 10.9 Å². The normalized spacial score (nSPS) is 25.9. The lowest BCUT2D eigenvalue weighted by Gasteiger charge is -2.37. The van der Waals surface area contributed by atoms with Crippen LogP contribution in [0.2, 0.25) is 0 Å². The summed E-state index contributed by atoms with van der Waals surface area (Å²) >= 11 is 1.84. The van der Waals surface area contributed by atoms with Gasteiger partial charge in [-0.1, -0.05) is 43.8 Å². The summed E-state index contributed by atoms with van der Waals surface area (Å²) in [5, 5.41) is 0.225. The van der Waals surface area contributed by atoms with E-state index in [1.54, 1.807) is 0 Å². The number of rotatable bonds is 5. The first-order valence-electron chi connectivity index (χ1n) is 7.21. The molecule has 5 heteroatoms. The Labute approximate surface area is 131 Å². The molecule has 0 fully saturated rings. The van der Waals surface area contributed by atoms with E-state index < -0.39 is 0 Å². The molecule has 0 saturated heterocycles. The molecule has 1 aromatic rings. The Hall–Kier alpha value is -1.49. The first-order valence-corrected chi connectivity index (χ1v) is 8.09. The minimum atomic E-state index is -0.240. The van der Waals surface area contributed by atoms with Crippen molar-refractivity contribution >= 4 is 23.9 Å². The maximum atomic E-state index is 5.74. The molecule has 1 aliphatic heterocycles. The molecule has 1 aliphatic rings. The molecule has 2 rings (SSSR count). The Balaban J connectivity index is 2.29. The predicted octanol–water partition coefficient (Wildman–Crippen LogP) is 2.85. The van der Waals surface area contributed by atoms with Crippen molar-refractivity contribution in [2.45, 2.75) is 36.6 Å². The van der Waals surface area contributed by atoms with Crippen molar-refractivity contribution in [2.24, 2.45) is 21.6 Å². The van der Waals surface area contributed by atoms with Gasteiger partial charge in [-0.15, -0.1) is 0 Å². The van der Waals surface area contributed by atoms with Crippen molar-refractivity contribution in [3.63, 3.8) is 0 Å². The van der Waals surface area contributed by atoms with Crippen molar-refractivity contribution in [3.8, 4) is 0 Å². The third-order valence-corrected chi connectivity index (χ3v) is 5.36. The molecular weight excluding hydrogens is 280 g/mol. The molecule has 0 aromatic heterocycles. The Morgan fingerprint density at radius 3 is 2.67 bits per heavy atom. The van der Waals surface area contributed by atoms with Gasteiger partial charge in [-0.2, -0.15) is 0 Å². The zero-order valence-electron chi connectivity index (χ0n) is 13.2. The average Bonchev–Trinajstić information content (AvgIpc) is 2.76. The van der Waals surface area contributed by atoms with Crippen molar-refractivity contribution in [2.75, 3.05) is 13.6 Å². The van der Waals surface area contributed by atoms with Crippen LogP contribution >= 0.6 is 11.8 Å².